The standard InChI is InChI=1S/C7H7ClN/c1-5-2-3-7(9)6(8)4-5/h2,4H,9H2,1H3. The molecule has 0 heterocycles. The summed E-state index contributed by atoms with van der Waals surface area (Å²) in [5, 5.41) is 0.579. The van der Waals surface area contributed by atoms with Crippen LogP contribution in [0.2, 0.25) is 5.02 Å². The number of nitrogens with two attached hydrogens (primary N) is 1. The Bertz CT molecular complexity index is 220. The lowest BCUT2D eigenvalue weighted by atomic mass is 10.2. The minimum absolute atomic E-state index is 0.516. The molecule has 0 saturated carbocycles. The molecule has 1 rings (SSSR count). The smallest absolute Gasteiger partial charge is 0.0644 e. The fourth-order valence-corrected chi connectivity index (χ4v) is 0.806. The molecular weight excluding hydrogens is 134 g/mol. The zero-order chi connectivity index (χ0) is 6.85. The third kappa shape index (κ3) is 1.36. The molecule has 0 aliphatic rings. The molecule has 1 nitrogen and oxygen atoms in total. The summed E-state index contributed by atoms with van der Waals surface area (Å²) in [7, 11) is 0. The average Bonchev–Trinajstić information content (AvgIpc) is 1.80. The van der Waals surface area contributed by atoms with E-state index < -0.39 is 0 Å². The Morgan fingerprint density at radius 1 is 1.67 bits per heavy atom. The van der Waals surface area contributed by atoms with Gasteiger partial charge in [-0.3, -0.25) is 0 Å². The summed E-state index contributed by atoms with van der Waals surface area (Å²) in [6.07, 6.45) is 0. The largest absolute Gasteiger partial charge is 0.397 e. The number of halogens is 1. The summed E-state index contributed by atoms with van der Waals surface area (Å²) in [6, 6.07) is 6.43. The zero-order valence-corrected chi connectivity index (χ0v) is 5.87. The van der Waals surface area contributed by atoms with Gasteiger partial charge in [-0.05, 0) is 24.6 Å². The first-order valence-corrected chi connectivity index (χ1v) is 3.01. The molecule has 2 N–H and O–H groups in total. The Morgan fingerprint density at radius 2 is 2.33 bits per heavy atom. The third-order valence-corrected chi connectivity index (χ3v) is 1.38. The van der Waals surface area contributed by atoms with Crippen molar-refractivity contribution in [2.75, 3.05) is 5.73 Å². The molecule has 0 aliphatic heterocycles. The van der Waals surface area contributed by atoms with E-state index in [0.717, 1.165) is 5.56 Å². The van der Waals surface area contributed by atoms with Gasteiger partial charge in [-0.15, -0.1) is 0 Å². The van der Waals surface area contributed by atoms with Gasteiger partial charge in [0.2, 0.25) is 0 Å². The van der Waals surface area contributed by atoms with Crippen molar-refractivity contribution in [3.05, 3.63) is 28.8 Å². The molecule has 0 spiro atoms. The first-order valence-electron chi connectivity index (χ1n) is 2.63. The van der Waals surface area contributed by atoms with Gasteiger partial charge in [-0.25, -0.2) is 0 Å². The van der Waals surface area contributed by atoms with Crippen molar-refractivity contribution in [3.8, 4) is 0 Å². The molecule has 0 atom stereocenters. The first-order chi connectivity index (χ1) is 4.20. The topological polar surface area (TPSA) is 26.0 Å². The van der Waals surface area contributed by atoms with Crippen LogP contribution in [0.3, 0.4) is 0 Å². The van der Waals surface area contributed by atoms with Gasteiger partial charge in [0.25, 0.3) is 0 Å². The van der Waals surface area contributed by atoms with Crippen LogP contribution in [0.4, 0.5) is 5.69 Å². The molecule has 0 aliphatic carbocycles. The Kier molecular flexibility index (Phi) is 1.63. The fraction of sp³-hybridized carbons (Fsp3) is 0.143. The van der Waals surface area contributed by atoms with E-state index in [2.05, 4.69) is 6.07 Å². The van der Waals surface area contributed by atoms with Crippen molar-refractivity contribution in [2.45, 2.75) is 6.92 Å². The van der Waals surface area contributed by atoms with Gasteiger partial charge in [-0.1, -0.05) is 11.6 Å². The number of aryl methyl sites for hydroxylation is 1. The van der Waals surface area contributed by atoms with Gasteiger partial charge in [0.1, 0.15) is 0 Å². The summed E-state index contributed by atoms with van der Waals surface area (Å²) in [5.74, 6) is 0. The number of benzene rings is 1. The number of anilines is 1. The van der Waals surface area contributed by atoms with Gasteiger partial charge in [-0.2, -0.15) is 0 Å². The van der Waals surface area contributed by atoms with Crippen LogP contribution in [-0.4, -0.2) is 0 Å². The van der Waals surface area contributed by atoms with Gasteiger partial charge < -0.3 is 5.73 Å². The minimum atomic E-state index is 0.516. The second-order valence-corrected chi connectivity index (χ2v) is 2.35. The van der Waals surface area contributed by atoms with Crippen molar-refractivity contribution >= 4 is 17.3 Å². The highest BCUT2D eigenvalue weighted by Gasteiger charge is 1.92. The van der Waals surface area contributed by atoms with E-state index in [1.165, 1.54) is 0 Å². The second-order valence-electron chi connectivity index (χ2n) is 1.94. The fourth-order valence-electron chi connectivity index (χ4n) is 0.580. The van der Waals surface area contributed by atoms with Crippen LogP contribution >= 0.6 is 11.6 Å². The summed E-state index contributed by atoms with van der Waals surface area (Å²) >= 11 is 5.66. The van der Waals surface area contributed by atoms with Crippen molar-refractivity contribution in [1.82, 2.24) is 0 Å². The lowest BCUT2D eigenvalue weighted by Gasteiger charge is -1.95. The van der Waals surface area contributed by atoms with Gasteiger partial charge in [0.15, 0.2) is 0 Å². The van der Waals surface area contributed by atoms with E-state index in [0.29, 0.717) is 10.7 Å². The lowest BCUT2D eigenvalue weighted by molar-refractivity contribution is 1.47. The van der Waals surface area contributed by atoms with Crippen LogP contribution in [0.15, 0.2) is 12.1 Å². The normalized spacial score (nSPS) is 9.56. The molecule has 1 aromatic carbocycles. The number of nitrogen functional groups attached to an aromatic ring is 1. The molecule has 47 valence electrons. The molecular formula is C7H7ClN. The quantitative estimate of drug-likeness (QED) is 0.549. The van der Waals surface area contributed by atoms with E-state index in [4.69, 9.17) is 17.3 Å². The Hall–Kier alpha value is -0.690. The highest BCUT2D eigenvalue weighted by molar-refractivity contribution is 6.33. The molecule has 9 heavy (non-hydrogen) atoms. The molecule has 0 saturated heterocycles. The molecule has 1 aromatic rings. The molecule has 1 radical (unpaired) electrons. The highest BCUT2D eigenvalue weighted by Crippen LogP contribution is 2.17. The highest BCUT2D eigenvalue weighted by atomic mass is 35.5. The molecule has 2 heteroatoms. The Morgan fingerprint density at radius 3 is 2.78 bits per heavy atom. The van der Waals surface area contributed by atoms with Crippen LogP contribution in [-0.2, 0) is 0 Å². The summed E-state index contributed by atoms with van der Waals surface area (Å²) in [6.45, 7) is 1.95. The number of rotatable bonds is 0. The number of hydrogen-bond acceptors (Lipinski definition) is 1. The maximum atomic E-state index is 5.66. The maximum Gasteiger partial charge on any atom is 0.0644 e. The summed E-state index contributed by atoms with van der Waals surface area (Å²) in [4.78, 5) is 0. The van der Waals surface area contributed by atoms with Crippen LogP contribution in [0.1, 0.15) is 5.56 Å². The van der Waals surface area contributed by atoms with Crippen molar-refractivity contribution < 1.29 is 0 Å². The minimum Gasteiger partial charge on any atom is -0.397 e. The zero-order valence-electron chi connectivity index (χ0n) is 5.11. The van der Waals surface area contributed by atoms with Crippen molar-refractivity contribution in [1.29, 1.82) is 0 Å². The van der Waals surface area contributed by atoms with Crippen molar-refractivity contribution in [3.63, 3.8) is 0 Å². The molecule has 0 amide bonds. The second kappa shape index (κ2) is 2.28. The van der Waals surface area contributed by atoms with E-state index in [-0.39, 0.29) is 0 Å². The number of hydrogen-bond donors (Lipinski definition) is 1. The third-order valence-electron chi connectivity index (χ3n) is 1.07. The first kappa shape index (κ1) is 6.43. The van der Waals surface area contributed by atoms with Gasteiger partial charge in [0, 0.05) is 6.07 Å². The lowest BCUT2D eigenvalue weighted by Crippen LogP contribution is -1.85. The molecule has 0 fully saturated rings. The van der Waals surface area contributed by atoms with E-state index >= 15 is 0 Å². The molecule has 0 bridgehead atoms. The molecule has 0 unspecified atom stereocenters. The average molecular weight is 141 g/mol. The van der Waals surface area contributed by atoms with Crippen LogP contribution in [0.25, 0.3) is 0 Å². The summed E-state index contributed by atoms with van der Waals surface area (Å²) < 4.78 is 0. The van der Waals surface area contributed by atoms with E-state index in [9.17, 15) is 0 Å². The van der Waals surface area contributed by atoms with Gasteiger partial charge >= 0.3 is 0 Å². The monoisotopic (exact) mass is 140 g/mol. The predicted octanol–water partition coefficient (Wildman–Crippen LogP) is 2.03. The van der Waals surface area contributed by atoms with Crippen molar-refractivity contribution in [2.24, 2.45) is 0 Å². The Labute approximate surface area is 59.4 Å². The van der Waals surface area contributed by atoms with Crippen LogP contribution < -0.4 is 5.73 Å². The van der Waals surface area contributed by atoms with Crippen LogP contribution in [0, 0.1) is 13.0 Å². The summed E-state index contributed by atoms with van der Waals surface area (Å²) in [5.41, 5.74) is 7.00. The Balaban J connectivity index is 3.17. The van der Waals surface area contributed by atoms with E-state index in [1.54, 1.807) is 6.07 Å². The SMILES string of the molecule is Cc1c[c]c(N)c(Cl)c1. The van der Waals surface area contributed by atoms with Crippen LogP contribution in [0.5, 0.6) is 0 Å². The maximum absolute atomic E-state index is 5.66. The predicted molar refractivity (Wildman–Crippen MR) is 39.4 cm³/mol. The molecule has 0 aromatic heterocycles. The van der Waals surface area contributed by atoms with Gasteiger partial charge in [0.05, 0.1) is 10.7 Å². The van der Waals surface area contributed by atoms with E-state index in [1.807, 2.05) is 13.0 Å².